The fourth-order valence-electron chi connectivity index (χ4n) is 3.57. The molecule has 0 bridgehead atoms. The zero-order chi connectivity index (χ0) is 28.2. The number of fused-ring (bicyclic) bond motifs is 1. The fourth-order valence-corrected chi connectivity index (χ4v) is 5.02. The van der Waals surface area contributed by atoms with Crippen LogP contribution in [0, 0.1) is 15.9 Å². The second-order valence-corrected chi connectivity index (χ2v) is 11.6. The largest absolute Gasteiger partial charge is 0.453 e. The Balaban J connectivity index is 1.54. The summed E-state index contributed by atoms with van der Waals surface area (Å²) in [6, 6.07) is 10.5. The molecule has 4 rings (SSSR count). The summed E-state index contributed by atoms with van der Waals surface area (Å²) < 4.78 is 26.4. The third kappa shape index (κ3) is 7.21. The van der Waals surface area contributed by atoms with Crippen molar-refractivity contribution in [2.45, 2.75) is 32.9 Å². The molecule has 39 heavy (non-hydrogen) atoms. The van der Waals surface area contributed by atoms with Crippen molar-refractivity contribution in [3.05, 3.63) is 76.4 Å². The number of hydrogen-bond acceptors (Lipinski definition) is 9. The van der Waals surface area contributed by atoms with E-state index in [1.54, 1.807) is 35.1 Å². The van der Waals surface area contributed by atoms with Gasteiger partial charge in [0.05, 0.1) is 38.3 Å². The van der Waals surface area contributed by atoms with Crippen molar-refractivity contribution in [1.29, 1.82) is 0 Å². The Labute approximate surface area is 233 Å². The lowest BCUT2D eigenvalue weighted by Gasteiger charge is -2.27. The Bertz CT molecular complexity index is 1490. The topological polar surface area (TPSA) is 108 Å². The van der Waals surface area contributed by atoms with Crippen LogP contribution in [-0.2, 0) is 11.3 Å². The minimum atomic E-state index is -0.832. The first-order valence-electron chi connectivity index (χ1n) is 12.0. The Kier molecular flexibility index (Phi) is 8.66. The van der Waals surface area contributed by atoms with Gasteiger partial charge in [0.1, 0.15) is 11.4 Å². The van der Waals surface area contributed by atoms with Crippen molar-refractivity contribution in [1.82, 2.24) is 14.9 Å². The molecule has 0 radical (unpaired) electrons. The monoisotopic (exact) mass is 570 g/mol. The fraction of sp³-hybridized carbons (Fsp3) is 0.296. The highest BCUT2D eigenvalue weighted by Gasteiger charge is 2.22. The highest BCUT2D eigenvalue weighted by atomic mass is 32.2. The number of carbonyl (C=O) groups is 1. The van der Waals surface area contributed by atoms with E-state index in [1.807, 2.05) is 45.2 Å². The van der Waals surface area contributed by atoms with Gasteiger partial charge in [0.2, 0.25) is 0 Å². The summed E-state index contributed by atoms with van der Waals surface area (Å²) in [6.45, 7) is 6.44. The number of nitro groups is 1. The van der Waals surface area contributed by atoms with E-state index in [0.717, 1.165) is 22.3 Å². The van der Waals surface area contributed by atoms with Gasteiger partial charge in [-0.1, -0.05) is 6.07 Å². The number of pyridine rings is 2. The van der Waals surface area contributed by atoms with Crippen LogP contribution in [0.3, 0.4) is 0 Å². The summed E-state index contributed by atoms with van der Waals surface area (Å²) in [5.74, 6) is 0.207. The summed E-state index contributed by atoms with van der Waals surface area (Å²) in [7, 11) is 0. The smallest absolute Gasteiger partial charge is 0.410 e. The van der Waals surface area contributed by atoms with E-state index in [1.165, 1.54) is 23.5 Å². The second kappa shape index (κ2) is 12.0. The number of ether oxygens (including phenoxy) is 2. The van der Waals surface area contributed by atoms with E-state index < -0.39 is 16.3 Å². The van der Waals surface area contributed by atoms with Crippen molar-refractivity contribution in [2.24, 2.45) is 0 Å². The van der Waals surface area contributed by atoms with Crippen LogP contribution in [0.2, 0.25) is 0 Å². The van der Waals surface area contributed by atoms with Gasteiger partial charge in [-0.2, -0.15) is 11.8 Å². The van der Waals surface area contributed by atoms with Gasteiger partial charge in [-0.15, -0.1) is 11.3 Å². The first-order valence-corrected chi connectivity index (χ1v) is 14.2. The number of non-ortho nitro benzene ring substituents is 1. The average molecular weight is 571 g/mol. The number of carbonyl (C=O) groups excluding carboxylic acids is 1. The molecule has 3 heterocycles. The number of nitro benzene ring substituents is 1. The molecule has 0 saturated heterocycles. The number of nitrogens with zero attached hydrogens (tertiary/aromatic N) is 4. The zero-order valence-electron chi connectivity index (χ0n) is 21.8. The van der Waals surface area contributed by atoms with Crippen LogP contribution in [-0.4, -0.2) is 50.0 Å². The lowest BCUT2D eigenvalue weighted by Crippen LogP contribution is -2.37. The SMILES string of the molecule is CSCCN(Cc1ccc(-c2cc3nccc(Oc4ccc([N+](=O)[O-])cc4F)c3s2)nc1)C(=O)OC(C)(C)C. The Hall–Kier alpha value is -3.77. The molecule has 12 heteroatoms. The van der Waals surface area contributed by atoms with Gasteiger partial charge >= 0.3 is 6.09 Å². The number of amides is 1. The zero-order valence-corrected chi connectivity index (χ0v) is 23.5. The molecule has 0 atom stereocenters. The van der Waals surface area contributed by atoms with Gasteiger partial charge < -0.3 is 14.4 Å². The number of thiophene rings is 1. The molecule has 0 unspecified atom stereocenters. The normalized spacial score (nSPS) is 11.4. The highest BCUT2D eigenvalue weighted by molar-refractivity contribution is 7.98. The molecule has 0 aliphatic carbocycles. The van der Waals surface area contributed by atoms with Crippen molar-refractivity contribution >= 4 is 45.1 Å². The summed E-state index contributed by atoms with van der Waals surface area (Å²) in [6.07, 6.45) is 4.90. The molecule has 0 fully saturated rings. The molecule has 0 saturated carbocycles. The number of aromatic nitrogens is 2. The maximum Gasteiger partial charge on any atom is 0.410 e. The molecule has 0 aliphatic rings. The molecule has 3 aromatic heterocycles. The quantitative estimate of drug-likeness (QED) is 0.152. The average Bonchev–Trinajstić information content (AvgIpc) is 3.32. The summed E-state index contributed by atoms with van der Waals surface area (Å²) >= 11 is 3.04. The predicted molar refractivity (Wildman–Crippen MR) is 151 cm³/mol. The molecule has 0 spiro atoms. The van der Waals surface area contributed by atoms with Crippen LogP contribution < -0.4 is 4.74 Å². The van der Waals surface area contributed by atoms with E-state index >= 15 is 0 Å². The summed E-state index contributed by atoms with van der Waals surface area (Å²) in [5, 5.41) is 10.9. The molecule has 1 aromatic carbocycles. The van der Waals surface area contributed by atoms with Crippen molar-refractivity contribution in [3.63, 3.8) is 0 Å². The molecular weight excluding hydrogens is 543 g/mol. The lowest BCUT2D eigenvalue weighted by molar-refractivity contribution is -0.385. The number of thioether (sulfide) groups is 1. The number of halogens is 1. The molecular formula is C27H27FN4O5S2. The van der Waals surface area contributed by atoms with Crippen LogP contribution in [0.25, 0.3) is 20.8 Å². The standard InChI is InChI=1S/C27H27FN4O5S2/c1-27(2,3)37-26(33)31(11-12-38-4)16-17-5-7-20(30-15-17)24-14-21-25(39-24)23(9-10-29-21)36-22-8-6-18(32(34)35)13-19(22)28/h5-10,13-15H,11-12,16H2,1-4H3. The Morgan fingerprint density at radius 1 is 1.15 bits per heavy atom. The molecule has 1 amide bonds. The molecule has 4 aromatic rings. The van der Waals surface area contributed by atoms with Crippen LogP contribution in [0.4, 0.5) is 14.9 Å². The Morgan fingerprint density at radius 3 is 2.59 bits per heavy atom. The van der Waals surface area contributed by atoms with Crippen LogP contribution in [0.15, 0.2) is 54.9 Å². The van der Waals surface area contributed by atoms with Crippen LogP contribution in [0.1, 0.15) is 26.3 Å². The van der Waals surface area contributed by atoms with Crippen molar-refractivity contribution in [2.75, 3.05) is 18.6 Å². The minimum absolute atomic E-state index is 0.124. The maximum atomic E-state index is 14.4. The minimum Gasteiger partial charge on any atom is -0.453 e. The van der Waals surface area contributed by atoms with Gasteiger partial charge in [-0.25, -0.2) is 9.18 Å². The number of benzene rings is 1. The first kappa shape index (κ1) is 28.2. The summed E-state index contributed by atoms with van der Waals surface area (Å²) in [4.78, 5) is 34.4. The van der Waals surface area contributed by atoms with E-state index in [2.05, 4.69) is 9.97 Å². The number of hydrogen-bond donors (Lipinski definition) is 0. The van der Waals surface area contributed by atoms with Crippen molar-refractivity contribution < 1.29 is 23.6 Å². The highest BCUT2D eigenvalue weighted by Crippen LogP contribution is 2.39. The van der Waals surface area contributed by atoms with E-state index in [0.29, 0.717) is 34.7 Å². The molecule has 9 nitrogen and oxygen atoms in total. The summed E-state index contributed by atoms with van der Waals surface area (Å²) in [5.41, 5.74) is 1.28. The van der Waals surface area contributed by atoms with E-state index in [-0.39, 0.29) is 17.5 Å². The molecule has 0 aliphatic heterocycles. The van der Waals surface area contributed by atoms with Gasteiger partial charge in [-0.05, 0) is 50.8 Å². The number of rotatable bonds is 9. The lowest BCUT2D eigenvalue weighted by atomic mass is 10.2. The predicted octanol–water partition coefficient (Wildman–Crippen LogP) is 7.30. The third-order valence-corrected chi connectivity index (χ3v) is 7.14. The second-order valence-electron chi connectivity index (χ2n) is 9.55. The van der Waals surface area contributed by atoms with Gasteiger partial charge in [0.25, 0.3) is 5.69 Å². The van der Waals surface area contributed by atoms with Crippen LogP contribution >= 0.6 is 23.1 Å². The third-order valence-electron chi connectivity index (χ3n) is 5.39. The Morgan fingerprint density at radius 2 is 1.95 bits per heavy atom. The van der Waals surface area contributed by atoms with Crippen molar-refractivity contribution in [3.8, 4) is 22.1 Å². The van der Waals surface area contributed by atoms with Gasteiger partial charge in [-0.3, -0.25) is 20.1 Å². The first-order chi connectivity index (χ1) is 18.5. The van der Waals surface area contributed by atoms with Gasteiger partial charge in [0, 0.05) is 36.8 Å². The molecule has 0 N–H and O–H groups in total. The van der Waals surface area contributed by atoms with Crippen LogP contribution in [0.5, 0.6) is 11.5 Å². The molecule has 204 valence electrons. The van der Waals surface area contributed by atoms with Gasteiger partial charge in [0.15, 0.2) is 11.6 Å². The maximum absolute atomic E-state index is 14.4. The van der Waals surface area contributed by atoms with E-state index in [9.17, 15) is 19.3 Å². The van der Waals surface area contributed by atoms with E-state index in [4.69, 9.17) is 9.47 Å².